The van der Waals surface area contributed by atoms with E-state index in [0.29, 0.717) is 65.0 Å². The third-order valence-corrected chi connectivity index (χ3v) is 8.76. The highest BCUT2D eigenvalue weighted by Gasteiger charge is 2.45. The van der Waals surface area contributed by atoms with Crippen molar-refractivity contribution in [2.24, 2.45) is 0 Å². The maximum absolute atomic E-state index is 13.6. The second-order valence-electron chi connectivity index (χ2n) is 13.4. The summed E-state index contributed by atoms with van der Waals surface area (Å²) in [5, 5.41) is 37.7. The van der Waals surface area contributed by atoms with E-state index in [1.54, 1.807) is 0 Å². The van der Waals surface area contributed by atoms with Crippen molar-refractivity contribution in [3.8, 4) is 5.75 Å². The first-order valence-corrected chi connectivity index (χ1v) is 19.2. The second kappa shape index (κ2) is 28.0. The molecule has 0 aromatic heterocycles. The summed E-state index contributed by atoms with van der Waals surface area (Å²) < 4.78 is 93.1. The number of rotatable bonds is 29. The molecule has 0 unspecified atom stereocenters. The van der Waals surface area contributed by atoms with Crippen LogP contribution in [0.5, 0.6) is 5.75 Å². The van der Waals surface area contributed by atoms with Gasteiger partial charge in [-0.15, -0.1) is 0 Å². The van der Waals surface area contributed by atoms with Crippen molar-refractivity contribution in [1.29, 1.82) is 0 Å². The van der Waals surface area contributed by atoms with E-state index >= 15 is 0 Å². The molecule has 5 atom stereocenters. The lowest BCUT2D eigenvalue weighted by Gasteiger charge is -2.42. The number of aliphatic hydroxyl groups is 3. The Kier molecular flexibility index (Phi) is 24.4. The van der Waals surface area contributed by atoms with Gasteiger partial charge in [0, 0.05) is 45.9 Å². The summed E-state index contributed by atoms with van der Waals surface area (Å²) in [4.78, 5) is 47.4. The molecule has 20 heteroatoms. The standard InChI is InChI=1S/C37H56F5N3O12/c1-23(47)45-33-35(52)34(51)24(22-46)56-37(33)55-17-11-10-13-26(49)44-16-19-54-21-20-53-18-15-43-25(48)12-8-6-4-2-3-5-7-9-14-27(50)57-36-31(41)29(39)28(38)30(40)32(36)42/h24,33-35,37,46,51-52H,2-22H2,1H3,(H,43,48)(H,44,49)(H,45,47)/t24-,33-,34+,35-,37-/m1/s1. The van der Waals surface area contributed by atoms with Crippen LogP contribution in [0, 0.1) is 29.1 Å². The van der Waals surface area contributed by atoms with Crippen LogP contribution in [0.1, 0.15) is 90.4 Å². The number of aliphatic hydroxyl groups excluding tert-OH is 3. The largest absolute Gasteiger partial charge is 0.420 e. The highest BCUT2D eigenvalue weighted by Crippen LogP contribution is 2.29. The number of amides is 3. The first-order chi connectivity index (χ1) is 27.3. The third kappa shape index (κ3) is 18.7. The molecule has 0 spiro atoms. The summed E-state index contributed by atoms with van der Waals surface area (Å²) in [7, 11) is 0. The molecule has 1 aromatic rings. The Labute approximate surface area is 328 Å². The van der Waals surface area contributed by atoms with Crippen molar-refractivity contribution in [2.75, 3.05) is 52.7 Å². The molecule has 6 N–H and O–H groups in total. The summed E-state index contributed by atoms with van der Waals surface area (Å²) in [6.07, 6.45) is 2.37. The second-order valence-corrected chi connectivity index (χ2v) is 13.4. The maximum Gasteiger partial charge on any atom is 0.311 e. The van der Waals surface area contributed by atoms with Crippen LogP contribution >= 0.6 is 0 Å². The topological polar surface area (TPSA) is 211 Å². The fourth-order valence-electron chi connectivity index (χ4n) is 5.68. The summed E-state index contributed by atoms with van der Waals surface area (Å²) >= 11 is 0. The van der Waals surface area contributed by atoms with E-state index in [-0.39, 0.29) is 37.9 Å². The fourth-order valence-corrected chi connectivity index (χ4v) is 5.68. The highest BCUT2D eigenvalue weighted by molar-refractivity contribution is 5.76. The molecule has 2 rings (SSSR count). The number of carbonyl (C=O) groups is 4. The Balaban J connectivity index is 1.35. The number of hydrogen-bond donors (Lipinski definition) is 6. The summed E-state index contributed by atoms with van der Waals surface area (Å²) in [5.74, 6) is -14.5. The highest BCUT2D eigenvalue weighted by atomic mass is 19.2. The number of ether oxygens (including phenoxy) is 5. The first kappa shape index (κ1) is 49.6. The first-order valence-electron chi connectivity index (χ1n) is 19.2. The molecule has 1 heterocycles. The number of unbranched alkanes of at least 4 members (excludes halogenated alkanes) is 8. The van der Waals surface area contributed by atoms with E-state index < -0.39 is 84.0 Å². The molecule has 0 aliphatic carbocycles. The van der Waals surface area contributed by atoms with Crippen LogP contribution < -0.4 is 20.7 Å². The van der Waals surface area contributed by atoms with Gasteiger partial charge < -0.3 is 55.0 Å². The Morgan fingerprint density at radius 1 is 0.632 bits per heavy atom. The number of esters is 1. The molecule has 1 saturated heterocycles. The molecule has 326 valence electrons. The average molecular weight is 830 g/mol. The maximum atomic E-state index is 13.6. The van der Waals surface area contributed by atoms with E-state index in [4.69, 9.17) is 18.9 Å². The van der Waals surface area contributed by atoms with Gasteiger partial charge in [-0.05, 0) is 25.7 Å². The van der Waals surface area contributed by atoms with Gasteiger partial charge in [0.1, 0.15) is 24.4 Å². The number of hydrogen-bond acceptors (Lipinski definition) is 12. The summed E-state index contributed by atoms with van der Waals surface area (Å²) in [6, 6.07) is -1.02. The van der Waals surface area contributed by atoms with Crippen LogP contribution in [0.15, 0.2) is 0 Å². The molecule has 1 aliphatic heterocycles. The van der Waals surface area contributed by atoms with Crippen molar-refractivity contribution >= 4 is 23.7 Å². The monoisotopic (exact) mass is 829 g/mol. The predicted molar refractivity (Wildman–Crippen MR) is 191 cm³/mol. The molecule has 0 bridgehead atoms. The molecular formula is C37H56F5N3O12. The Morgan fingerprint density at radius 3 is 1.61 bits per heavy atom. The van der Waals surface area contributed by atoms with Gasteiger partial charge >= 0.3 is 5.97 Å². The lowest BCUT2D eigenvalue weighted by atomic mass is 9.97. The SMILES string of the molecule is CC(=O)N[C@H]1[C@H](OCCCCC(=O)NCCOCCOCCNC(=O)CCCCCCCCCCC(=O)Oc2c(F)c(F)c(F)c(F)c2F)O[C@H](CO)[C@H](O)[C@@H]1O. The quantitative estimate of drug-likeness (QED) is 0.0172. The number of benzene rings is 1. The van der Waals surface area contributed by atoms with Gasteiger partial charge in [0.05, 0.1) is 33.0 Å². The van der Waals surface area contributed by atoms with Gasteiger partial charge in [-0.2, -0.15) is 8.78 Å². The lowest BCUT2D eigenvalue weighted by Crippen LogP contribution is -2.64. The van der Waals surface area contributed by atoms with Gasteiger partial charge in [-0.1, -0.05) is 38.5 Å². The molecule has 0 radical (unpaired) electrons. The normalized spacial score (nSPS) is 19.3. The van der Waals surface area contributed by atoms with Gasteiger partial charge in [0.2, 0.25) is 52.6 Å². The van der Waals surface area contributed by atoms with Crippen LogP contribution in [-0.2, 0) is 38.1 Å². The van der Waals surface area contributed by atoms with Gasteiger partial charge in [-0.3, -0.25) is 19.2 Å². The van der Waals surface area contributed by atoms with Gasteiger partial charge in [0.25, 0.3) is 0 Å². The summed E-state index contributed by atoms with van der Waals surface area (Å²) in [5.41, 5.74) is 0. The minimum absolute atomic E-state index is 0.0820. The number of halogens is 5. The van der Waals surface area contributed by atoms with E-state index in [1.165, 1.54) is 6.92 Å². The lowest BCUT2D eigenvalue weighted by molar-refractivity contribution is -0.270. The van der Waals surface area contributed by atoms with Crippen molar-refractivity contribution < 1.29 is 80.1 Å². The van der Waals surface area contributed by atoms with Gasteiger partial charge in [-0.25, -0.2) is 13.2 Å². The zero-order valence-corrected chi connectivity index (χ0v) is 32.1. The van der Waals surface area contributed by atoms with Gasteiger partial charge in [0.15, 0.2) is 6.29 Å². The zero-order chi connectivity index (χ0) is 42.2. The van der Waals surface area contributed by atoms with Crippen LogP contribution in [0.25, 0.3) is 0 Å². The van der Waals surface area contributed by atoms with E-state index in [9.17, 15) is 56.4 Å². The smallest absolute Gasteiger partial charge is 0.311 e. The van der Waals surface area contributed by atoms with Crippen molar-refractivity contribution in [1.82, 2.24) is 16.0 Å². The van der Waals surface area contributed by atoms with Crippen molar-refractivity contribution in [2.45, 2.75) is 121 Å². The molecule has 3 amide bonds. The minimum atomic E-state index is -2.33. The minimum Gasteiger partial charge on any atom is -0.420 e. The Hall–Kier alpha value is -3.53. The van der Waals surface area contributed by atoms with Crippen LogP contribution in [0.4, 0.5) is 22.0 Å². The molecule has 15 nitrogen and oxygen atoms in total. The molecule has 1 aliphatic rings. The molecule has 1 fully saturated rings. The number of carbonyl (C=O) groups excluding carboxylic acids is 4. The molecule has 1 aromatic carbocycles. The third-order valence-electron chi connectivity index (χ3n) is 8.76. The Morgan fingerprint density at radius 2 is 1.11 bits per heavy atom. The summed E-state index contributed by atoms with van der Waals surface area (Å²) in [6.45, 7) is 2.75. The zero-order valence-electron chi connectivity index (χ0n) is 32.1. The van der Waals surface area contributed by atoms with E-state index in [2.05, 4.69) is 20.7 Å². The molecule has 0 saturated carbocycles. The number of nitrogens with one attached hydrogen (secondary N) is 3. The van der Waals surface area contributed by atoms with E-state index in [1.807, 2.05) is 0 Å². The predicted octanol–water partition coefficient (Wildman–Crippen LogP) is 2.58. The van der Waals surface area contributed by atoms with Crippen molar-refractivity contribution in [3.05, 3.63) is 29.1 Å². The van der Waals surface area contributed by atoms with Crippen LogP contribution in [-0.4, -0.2) is 122 Å². The van der Waals surface area contributed by atoms with E-state index in [0.717, 1.165) is 38.5 Å². The average Bonchev–Trinajstić information content (AvgIpc) is 3.18. The van der Waals surface area contributed by atoms with Crippen LogP contribution in [0.2, 0.25) is 0 Å². The van der Waals surface area contributed by atoms with Crippen LogP contribution in [0.3, 0.4) is 0 Å². The fraction of sp³-hybridized carbons (Fsp3) is 0.730. The Bertz CT molecular complexity index is 1370. The molecular weight excluding hydrogens is 773 g/mol. The van der Waals surface area contributed by atoms with Crippen molar-refractivity contribution in [3.63, 3.8) is 0 Å². The molecule has 57 heavy (non-hydrogen) atoms.